The van der Waals surface area contributed by atoms with Gasteiger partial charge in [-0.15, -0.1) is 0 Å². The van der Waals surface area contributed by atoms with Gasteiger partial charge in [0.05, 0.1) is 19.1 Å². The standard InChI is InChI=1S/C11H19F3N2O3/c1-10(2,15-3)9(18)16(7-11(12,13)14)6-5-8(17)19-4/h15H,5-7H2,1-4H3. The number of nitrogens with zero attached hydrogens (tertiary/aromatic N) is 1. The van der Waals surface area contributed by atoms with Gasteiger partial charge in [0.25, 0.3) is 0 Å². The highest BCUT2D eigenvalue weighted by Crippen LogP contribution is 2.19. The second kappa shape index (κ2) is 6.74. The number of amides is 1. The lowest BCUT2D eigenvalue weighted by Gasteiger charge is -2.32. The number of methoxy groups -OCH3 is 1. The van der Waals surface area contributed by atoms with Gasteiger partial charge in [-0.05, 0) is 20.9 Å². The van der Waals surface area contributed by atoms with Crippen LogP contribution in [0.5, 0.6) is 0 Å². The van der Waals surface area contributed by atoms with Gasteiger partial charge in [0.1, 0.15) is 6.54 Å². The minimum atomic E-state index is -4.52. The topological polar surface area (TPSA) is 58.6 Å². The number of likely N-dealkylation sites (N-methyl/N-ethyl adjacent to an activating group) is 1. The summed E-state index contributed by atoms with van der Waals surface area (Å²) in [6.45, 7) is 1.21. The molecule has 0 spiro atoms. The highest BCUT2D eigenvalue weighted by atomic mass is 19.4. The predicted molar refractivity (Wildman–Crippen MR) is 62.4 cm³/mol. The Morgan fingerprint density at radius 1 is 1.26 bits per heavy atom. The molecule has 0 bridgehead atoms. The molecule has 5 nitrogen and oxygen atoms in total. The van der Waals surface area contributed by atoms with Crippen LogP contribution < -0.4 is 5.32 Å². The van der Waals surface area contributed by atoms with Gasteiger partial charge in [-0.3, -0.25) is 9.59 Å². The smallest absolute Gasteiger partial charge is 0.406 e. The lowest BCUT2D eigenvalue weighted by molar-refractivity contribution is -0.165. The van der Waals surface area contributed by atoms with E-state index in [1.165, 1.54) is 20.9 Å². The fourth-order valence-corrected chi connectivity index (χ4v) is 1.30. The molecule has 0 fully saturated rings. The minimum absolute atomic E-state index is 0.280. The summed E-state index contributed by atoms with van der Waals surface area (Å²) in [5.41, 5.74) is -1.14. The normalized spacial score (nSPS) is 12.2. The largest absolute Gasteiger partial charge is 0.469 e. The van der Waals surface area contributed by atoms with Gasteiger partial charge < -0.3 is 15.0 Å². The van der Waals surface area contributed by atoms with Gasteiger partial charge in [0, 0.05) is 6.54 Å². The summed E-state index contributed by atoms with van der Waals surface area (Å²) in [5.74, 6) is -1.39. The second-order valence-electron chi connectivity index (χ2n) is 4.54. The van der Waals surface area contributed by atoms with Crippen LogP contribution in [0.2, 0.25) is 0 Å². The zero-order valence-electron chi connectivity index (χ0n) is 11.4. The zero-order valence-corrected chi connectivity index (χ0v) is 11.4. The van der Waals surface area contributed by atoms with E-state index in [2.05, 4.69) is 10.1 Å². The van der Waals surface area contributed by atoms with Gasteiger partial charge in [-0.1, -0.05) is 0 Å². The highest BCUT2D eigenvalue weighted by Gasteiger charge is 2.38. The summed E-state index contributed by atoms with van der Waals surface area (Å²) < 4.78 is 41.7. The number of halogens is 3. The molecule has 0 aliphatic carbocycles. The summed E-state index contributed by atoms with van der Waals surface area (Å²) in [4.78, 5) is 23.6. The van der Waals surface area contributed by atoms with Crippen molar-refractivity contribution in [3.05, 3.63) is 0 Å². The molecule has 0 atom stereocenters. The molecule has 112 valence electrons. The molecule has 0 unspecified atom stereocenters. The van der Waals surface area contributed by atoms with E-state index in [-0.39, 0.29) is 13.0 Å². The van der Waals surface area contributed by atoms with E-state index >= 15 is 0 Å². The molecule has 19 heavy (non-hydrogen) atoms. The molecule has 8 heteroatoms. The third-order valence-electron chi connectivity index (χ3n) is 2.63. The molecule has 0 aromatic heterocycles. The molecule has 1 amide bonds. The van der Waals surface area contributed by atoms with Crippen LogP contribution in [0.25, 0.3) is 0 Å². The van der Waals surface area contributed by atoms with Crippen molar-refractivity contribution in [2.45, 2.75) is 32.0 Å². The van der Waals surface area contributed by atoms with Gasteiger partial charge in [0.15, 0.2) is 0 Å². The average Bonchev–Trinajstić information content (AvgIpc) is 2.31. The number of ether oxygens (including phenoxy) is 1. The molecule has 0 heterocycles. The van der Waals surface area contributed by atoms with Crippen LogP contribution in [0.4, 0.5) is 13.2 Å². The van der Waals surface area contributed by atoms with Gasteiger partial charge in [-0.2, -0.15) is 13.2 Å². The Morgan fingerprint density at radius 2 is 1.79 bits per heavy atom. The third-order valence-corrected chi connectivity index (χ3v) is 2.63. The van der Waals surface area contributed by atoms with E-state index in [0.29, 0.717) is 4.90 Å². The van der Waals surface area contributed by atoms with Gasteiger partial charge in [0.2, 0.25) is 5.91 Å². The fraction of sp³-hybridized carbons (Fsp3) is 0.818. The monoisotopic (exact) mass is 284 g/mol. The molecule has 0 rings (SSSR count). The molecule has 0 aliphatic rings. The van der Waals surface area contributed by atoms with Gasteiger partial charge in [-0.25, -0.2) is 0 Å². The first kappa shape index (κ1) is 17.7. The van der Waals surface area contributed by atoms with Crippen LogP contribution >= 0.6 is 0 Å². The Hall–Kier alpha value is -1.31. The van der Waals surface area contributed by atoms with Crippen LogP contribution in [0.15, 0.2) is 0 Å². The third kappa shape index (κ3) is 6.42. The minimum Gasteiger partial charge on any atom is -0.469 e. The Labute approximate surface area is 110 Å². The molecule has 0 aromatic carbocycles. The summed E-state index contributed by atoms with van der Waals surface area (Å²) in [7, 11) is 2.61. The number of nitrogens with one attached hydrogen (secondary N) is 1. The molecule has 0 saturated heterocycles. The number of hydrogen-bond donors (Lipinski definition) is 1. The SMILES string of the molecule is CNC(C)(C)C(=O)N(CCC(=O)OC)CC(F)(F)F. The lowest BCUT2D eigenvalue weighted by Crippen LogP contribution is -2.55. The Bertz CT molecular complexity index is 330. The number of alkyl halides is 3. The second-order valence-corrected chi connectivity index (χ2v) is 4.54. The van der Waals surface area contributed by atoms with Crippen molar-refractivity contribution in [1.29, 1.82) is 0 Å². The molecule has 0 radical (unpaired) electrons. The van der Waals surface area contributed by atoms with E-state index in [1.807, 2.05) is 0 Å². The van der Waals surface area contributed by atoms with Crippen molar-refractivity contribution < 1.29 is 27.5 Å². The zero-order chi connectivity index (χ0) is 15.3. The summed E-state index contributed by atoms with van der Waals surface area (Å²) in [5, 5.41) is 2.63. The van der Waals surface area contributed by atoms with Crippen LogP contribution in [0.1, 0.15) is 20.3 Å². The van der Waals surface area contributed by atoms with E-state index in [4.69, 9.17) is 0 Å². The van der Waals surface area contributed by atoms with E-state index in [0.717, 1.165) is 7.11 Å². The maximum absolute atomic E-state index is 12.4. The summed E-state index contributed by atoms with van der Waals surface area (Å²) in [6, 6.07) is 0. The van der Waals surface area contributed by atoms with Gasteiger partial charge >= 0.3 is 12.1 Å². The van der Waals surface area contributed by atoms with E-state index in [9.17, 15) is 22.8 Å². The molecular formula is C11H19F3N2O3. The van der Waals surface area contributed by atoms with E-state index < -0.39 is 30.1 Å². The number of hydrogen-bond acceptors (Lipinski definition) is 4. The van der Waals surface area contributed by atoms with Crippen LogP contribution in [0.3, 0.4) is 0 Å². The highest BCUT2D eigenvalue weighted by molar-refractivity contribution is 5.86. The van der Waals surface area contributed by atoms with Crippen LogP contribution in [-0.4, -0.2) is 55.7 Å². The van der Waals surface area contributed by atoms with Crippen LogP contribution in [0, 0.1) is 0 Å². The van der Waals surface area contributed by atoms with Crippen molar-refractivity contribution in [2.75, 3.05) is 27.2 Å². The Morgan fingerprint density at radius 3 is 2.16 bits per heavy atom. The number of esters is 1. The predicted octanol–water partition coefficient (Wildman–Crippen LogP) is 0.938. The summed E-state index contributed by atoms with van der Waals surface area (Å²) in [6.07, 6.45) is -4.80. The van der Waals surface area contributed by atoms with Crippen molar-refractivity contribution in [2.24, 2.45) is 0 Å². The summed E-state index contributed by atoms with van der Waals surface area (Å²) >= 11 is 0. The fourth-order valence-electron chi connectivity index (χ4n) is 1.30. The molecular weight excluding hydrogens is 265 g/mol. The lowest BCUT2D eigenvalue weighted by atomic mass is 10.0. The number of carbonyl (C=O) groups excluding carboxylic acids is 2. The van der Waals surface area contributed by atoms with E-state index in [1.54, 1.807) is 0 Å². The van der Waals surface area contributed by atoms with Crippen molar-refractivity contribution >= 4 is 11.9 Å². The average molecular weight is 284 g/mol. The molecule has 1 N–H and O–H groups in total. The molecule has 0 aliphatic heterocycles. The van der Waals surface area contributed by atoms with Crippen molar-refractivity contribution in [1.82, 2.24) is 10.2 Å². The first-order chi connectivity index (χ1) is 8.53. The number of carbonyl (C=O) groups is 2. The quantitative estimate of drug-likeness (QED) is 0.737. The maximum Gasteiger partial charge on any atom is 0.406 e. The molecule has 0 saturated carbocycles. The Balaban J connectivity index is 4.86. The number of rotatable bonds is 6. The Kier molecular flexibility index (Phi) is 6.28. The maximum atomic E-state index is 12.4. The van der Waals surface area contributed by atoms with Crippen LogP contribution in [-0.2, 0) is 14.3 Å². The van der Waals surface area contributed by atoms with Crippen molar-refractivity contribution in [3.8, 4) is 0 Å². The van der Waals surface area contributed by atoms with Crippen molar-refractivity contribution in [3.63, 3.8) is 0 Å². The first-order valence-corrected chi connectivity index (χ1v) is 5.65. The molecule has 0 aromatic rings. The first-order valence-electron chi connectivity index (χ1n) is 5.65.